The summed E-state index contributed by atoms with van der Waals surface area (Å²) in [5.41, 5.74) is 1.76. The maximum Gasteiger partial charge on any atom is 0.229 e. The molecule has 300 valence electrons. The molecule has 2 aliphatic heterocycles. The Hall–Kier alpha value is -2.67. The molecule has 15 nitrogen and oxygen atoms in total. The number of allylic oxidation sites excluding steroid dienone is 2. The number of unbranched alkanes of at least 4 members (excludes halogenated alkanes) is 6. The quantitative estimate of drug-likeness (QED) is 0.0599. The number of rotatable bonds is 22. The van der Waals surface area contributed by atoms with E-state index >= 15 is 0 Å². The van der Waals surface area contributed by atoms with Crippen LogP contribution in [0, 0.1) is 0 Å². The van der Waals surface area contributed by atoms with Gasteiger partial charge in [0.25, 0.3) is 0 Å². The number of carbonyl (C=O) groups is 1. The number of aliphatic hydroxyl groups excluding tert-OH is 8. The minimum atomic E-state index is -1.68. The topological polar surface area (TPSA) is 244 Å². The first kappa shape index (κ1) is 43.1. The molecule has 2 aromatic rings. The average molecular weight is 753 g/mol. The highest BCUT2D eigenvalue weighted by Gasteiger charge is 2.48. The third-order valence-electron chi connectivity index (χ3n) is 9.97. The summed E-state index contributed by atoms with van der Waals surface area (Å²) in [6.45, 7) is 1.33. The molecular formula is C38H60N2O13. The summed E-state index contributed by atoms with van der Waals surface area (Å²) in [6, 6.07) is 5.17. The van der Waals surface area contributed by atoms with Crippen molar-refractivity contribution in [2.24, 2.45) is 0 Å². The van der Waals surface area contributed by atoms with Gasteiger partial charge >= 0.3 is 0 Å². The number of aliphatic hydroxyl groups is 8. The maximum atomic E-state index is 12.4. The molecular weight excluding hydrogens is 692 g/mol. The molecule has 4 rings (SSSR count). The van der Waals surface area contributed by atoms with Gasteiger partial charge < -0.3 is 70.1 Å². The van der Waals surface area contributed by atoms with Gasteiger partial charge in [-0.1, -0.05) is 38.3 Å². The van der Waals surface area contributed by atoms with Crippen LogP contribution in [0.1, 0.15) is 83.1 Å². The van der Waals surface area contributed by atoms with Gasteiger partial charge in [-0.25, -0.2) is 0 Å². The average Bonchev–Trinajstić information content (AvgIpc) is 3.56. The summed E-state index contributed by atoms with van der Waals surface area (Å²) in [6.07, 6.45) is 1.98. The summed E-state index contributed by atoms with van der Waals surface area (Å²) >= 11 is 0. The molecule has 1 aromatic heterocycles. The van der Waals surface area contributed by atoms with Crippen LogP contribution in [0.25, 0.3) is 10.9 Å². The van der Waals surface area contributed by atoms with Crippen LogP contribution in [0.15, 0.2) is 36.5 Å². The molecule has 1 aromatic carbocycles. The molecule has 0 bridgehead atoms. The van der Waals surface area contributed by atoms with Gasteiger partial charge in [0.2, 0.25) is 12.2 Å². The Morgan fingerprint density at radius 1 is 0.868 bits per heavy atom. The van der Waals surface area contributed by atoms with Gasteiger partial charge in [-0.3, -0.25) is 4.79 Å². The predicted molar refractivity (Wildman–Crippen MR) is 194 cm³/mol. The molecule has 53 heavy (non-hydrogen) atoms. The van der Waals surface area contributed by atoms with Crippen LogP contribution in [0.4, 0.5) is 0 Å². The molecule has 1 amide bonds. The third kappa shape index (κ3) is 12.7. The molecule has 11 unspecified atom stereocenters. The summed E-state index contributed by atoms with van der Waals surface area (Å²) in [5, 5.41) is 84.8. The zero-order chi connectivity index (χ0) is 38.3. The SMILES string of the molecule is CCC(O)CCC/C=C\CCCCCCCC(=O)NCCc1c[nH]c2ccc(OC3OC(COC4OC(CO)C(O)C(O)C4O)C(O)C(O)C3O)cc12. The van der Waals surface area contributed by atoms with Crippen molar-refractivity contribution in [2.75, 3.05) is 19.8 Å². The van der Waals surface area contributed by atoms with E-state index in [-0.39, 0.29) is 12.0 Å². The number of hydrogen-bond acceptors (Lipinski definition) is 13. The number of ether oxygens (including phenoxy) is 4. The van der Waals surface area contributed by atoms with Crippen molar-refractivity contribution in [1.82, 2.24) is 10.3 Å². The van der Waals surface area contributed by atoms with Crippen molar-refractivity contribution in [1.29, 1.82) is 0 Å². The van der Waals surface area contributed by atoms with E-state index in [1.165, 1.54) is 0 Å². The predicted octanol–water partition coefficient (Wildman–Crippen LogP) is 1.06. The van der Waals surface area contributed by atoms with Gasteiger partial charge in [0.1, 0.15) is 54.6 Å². The Kier molecular flexibility index (Phi) is 17.9. The van der Waals surface area contributed by atoms with Gasteiger partial charge in [-0.05, 0) is 75.1 Å². The summed E-state index contributed by atoms with van der Waals surface area (Å²) in [4.78, 5) is 15.6. The van der Waals surface area contributed by atoms with E-state index in [9.17, 15) is 45.6 Å². The highest BCUT2D eigenvalue weighted by atomic mass is 16.7. The van der Waals surface area contributed by atoms with Gasteiger partial charge in [0, 0.05) is 30.1 Å². The second-order valence-corrected chi connectivity index (χ2v) is 14.1. The number of carbonyl (C=O) groups excluding carboxylic acids is 1. The van der Waals surface area contributed by atoms with Gasteiger partial charge in [0.05, 0.1) is 19.3 Å². The van der Waals surface area contributed by atoms with Crippen LogP contribution in [0.2, 0.25) is 0 Å². The lowest BCUT2D eigenvalue weighted by atomic mass is 9.98. The van der Waals surface area contributed by atoms with Crippen molar-refractivity contribution in [3.05, 3.63) is 42.1 Å². The minimum absolute atomic E-state index is 0.0132. The van der Waals surface area contributed by atoms with Crippen LogP contribution in [0.3, 0.4) is 0 Å². The highest BCUT2D eigenvalue weighted by Crippen LogP contribution is 2.29. The highest BCUT2D eigenvalue weighted by molar-refractivity contribution is 5.84. The largest absolute Gasteiger partial charge is 0.462 e. The van der Waals surface area contributed by atoms with E-state index < -0.39 is 74.6 Å². The van der Waals surface area contributed by atoms with Gasteiger partial charge in [-0.2, -0.15) is 0 Å². The van der Waals surface area contributed by atoms with Gasteiger partial charge in [-0.15, -0.1) is 0 Å². The number of aromatic amines is 1. The lowest BCUT2D eigenvalue weighted by molar-refractivity contribution is -0.323. The van der Waals surface area contributed by atoms with Crippen molar-refractivity contribution in [3.8, 4) is 5.75 Å². The Morgan fingerprint density at radius 3 is 2.26 bits per heavy atom. The van der Waals surface area contributed by atoms with Crippen molar-refractivity contribution in [2.45, 2.75) is 151 Å². The Balaban J connectivity index is 1.17. The number of hydrogen-bond donors (Lipinski definition) is 10. The van der Waals surface area contributed by atoms with E-state index in [1.807, 2.05) is 13.1 Å². The molecule has 0 aliphatic carbocycles. The maximum absolute atomic E-state index is 12.4. The van der Waals surface area contributed by atoms with Crippen LogP contribution in [0.5, 0.6) is 5.75 Å². The molecule has 11 atom stereocenters. The first-order chi connectivity index (χ1) is 25.5. The second-order valence-electron chi connectivity index (χ2n) is 14.1. The molecule has 2 aliphatic rings. The fourth-order valence-corrected chi connectivity index (χ4v) is 6.53. The molecule has 15 heteroatoms. The fraction of sp³-hybridized carbons (Fsp3) is 0.711. The molecule has 0 spiro atoms. The smallest absolute Gasteiger partial charge is 0.229 e. The van der Waals surface area contributed by atoms with Crippen LogP contribution in [-0.2, 0) is 25.4 Å². The van der Waals surface area contributed by atoms with Gasteiger partial charge in [0.15, 0.2) is 6.29 Å². The lowest BCUT2D eigenvalue weighted by Gasteiger charge is -2.42. The van der Waals surface area contributed by atoms with Crippen molar-refractivity contribution >= 4 is 16.8 Å². The minimum Gasteiger partial charge on any atom is -0.462 e. The number of amides is 1. The van der Waals surface area contributed by atoms with Crippen LogP contribution < -0.4 is 10.1 Å². The number of benzene rings is 1. The third-order valence-corrected chi connectivity index (χ3v) is 9.97. The van der Waals surface area contributed by atoms with E-state index in [2.05, 4.69) is 22.5 Å². The van der Waals surface area contributed by atoms with E-state index in [1.54, 1.807) is 18.2 Å². The number of fused-ring (bicyclic) bond motifs is 1. The van der Waals surface area contributed by atoms with Crippen LogP contribution in [-0.4, -0.2) is 139 Å². The Bertz CT molecular complexity index is 1390. The van der Waals surface area contributed by atoms with E-state index in [4.69, 9.17) is 18.9 Å². The summed E-state index contributed by atoms with van der Waals surface area (Å²) in [5.74, 6) is 0.321. The molecule has 10 N–H and O–H groups in total. The first-order valence-corrected chi connectivity index (χ1v) is 19.0. The van der Waals surface area contributed by atoms with Crippen molar-refractivity contribution < 1.29 is 64.6 Å². The molecule has 2 saturated heterocycles. The molecule has 3 heterocycles. The van der Waals surface area contributed by atoms with Crippen LogP contribution >= 0.6 is 0 Å². The zero-order valence-corrected chi connectivity index (χ0v) is 30.5. The Labute approximate surface area is 310 Å². The second kappa shape index (κ2) is 22.0. The number of H-pyrrole nitrogens is 1. The summed E-state index contributed by atoms with van der Waals surface area (Å²) < 4.78 is 22.5. The molecule has 0 radical (unpaired) electrons. The van der Waals surface area contributed by atoms with E-state index in [0.29, 0.717) is 25.1 Å². The lowest BCUT2D eigenvalue weighted by Crippen LogP contribution is -2.62. The zero-order valence-electron chi connectivity index (χ0n) is 30.5. The Morgan fingerprint density at radius 2 is 1.53 bits per heavy atom. The number of nitrogens with one attached hydrogen (secondary N) is 2. The standard InChI is InChI=1S/C38H60N2O13/c1-2-24(42)13-11-9-7-5-3-4-6-8-10-12-14-30(43)39-18-17-23-20-40-27-16-15-25(19-26(23)27)51-38-36(49)34(47)32(45)29(53-38)22-50-37-35(48)33(46)31(44)28(21-41)52-37/h5,7,15-16,19-20,24,28-29,31-38,40-42,44-49H,2-4,6,8-14,17-18,21-22H2,1H3,(H,39,43)/b7-5-. The molecule has 0 saturated carbocycles. The summed E-state index contributed by atoms with van der Waals surface area (Å²) in [7, 11) is 0. The first-order valence-electron chi connectivity index (χ1n) is 19.0. The van der Waals surface area contributed by atoms with E-state index in [0.717, 1.165) is 80.7 Å². The van der Waals surface area contributed by atoms with Crippen molar-refractivity contribution in [3.63, 3.8) is 0 Å². The fourth-order valence-electron chi connectivity index (χ4n) is 6.53. The number of aromatic nitrogens is 1. The molecule has 2 fully saturated rings. The normalized spacial score (nSPS) is 29.8. The monoisotopic (exact) mass is 752 g/mol.